The van der Waals surface area contributed by atoms with Gasteiger partial charge in [0.2, 0.25) is 0 Å². The van der Waals surface area contributed by atoms with Gasteiger partial charge >= 0.3 is 0 Å². The van der Waals surface area contributed by atoms with Crippen LogP contribution in [0.4, 0.5) is 0 Å². The van der Waals surface area contributed by atoms with E-state index in [0.29, 0.717) is 0 Å². The summed E-state index contributed by atoms with van der Waals surface area (Å²) >= 11 is 0. The molecule has 0 amide bonds. The molecule has 2 aliphatic rings. The first-order valence-electron chi connectivity index (χ1n) is 9.01. The van der Waals surface area contributed by atoms with Crippen molar-refractivity contribution < 1.29 is 49.6 Å². The van der Waals surface area contributed by atoms with E-state index in [0.717, 1.165) is 5.56 Å². The first-order chi connectivity index (χ1) is 13.4. The molecule has 1 aromatic carbocycles. The Balaban J connectivity index is 1.55. The monoisotopic (exact) mass is 402 g/mol. The fraction of sp³-hybridized carbons (Fsp3) is 0.667. The highest BCUT2D eigenvalue weighted by Gasteiger charge is 2.47. The molecule has 0 aromatic heterocycles. The van der Waals surface area contributed by atoms with Crippen molar-refractivity contribution in [3.05, 3.63) is 35.9 Å². The van der Waals surface area contributed by atoms with Gasteiger partial charge in [0.05, 0.1) is 19.8 Å². The molecule has 28 heavy (non-hydrogen) atoms. The number of benzene rings is 1. The molecule has 2 aliphatic heterocycles. The predicted octanol–water partition coefficient (Wildman–Crippen LogP) is -2.53. The van der Waals surface area contributed by atoms with Crippen LogP contribution in [0.2, 0.25) is 0 Å². The number of hydrogen-bond donors (Lipinski definition) is 6. The van der Waals surface area contributed by atoms with Crippen molar-refractivity contribution in [3.8, 4) is 0 Å². The van der Waals surface area contributed by atoms with E-state index in [4.69, 9.17) is 18.9 Å². The van der Waals surface area contributed by atoms with Crippen LogP contribution >= 0.6 is 0 Å². The smallest absolute Gasteiger partial charge is 0.187 e. The first kappa shape index (κ1) is 21.5. The Labute approximate surface area is 161 Å². The molecule has 2 fully saturated rings. The molecule has 0 radical (unpaired) electrons. The summed E-state index contributed by atoms with van der Waals surface area (Å²) in [6, 6.07) is 9.24. The van der Waals surface area contributed by atoms with Crippen molar-refractivity contribution in [2.24, 2.45) is 0 Å². The number of ether oxygens (including phenoxy) is 4. The lowest BCUT2D eigenvalue weighted by atomic mass is 9.99. The molecule has 3 rings (SSSR count). The van der Waals surface area contributed by atoms with E-state index in [-0.39, 0.29) is 13.2 Å². The van der Waals surface area contributed by atoms with E-state index >= 15 is 0 Å². The zero-order valence-electron chi connectivity index (χ0n) is 15.0. The Morgan fingerprint density at radius 3 is 2.21 bits per heavy atom. The zero-order chi connectivity index (χ0) is 20.3. The maximum atomic E-state index is 10.3. The largest absolute Gasteiger partial charge is 0.394 e. The van der Waals surface area contributed by atoms with Crippen LogP contribution < -0.4 is 0 Å². The maximum Gasteiger partial charge on any atom is 0.187 e. The Kier molecular flexibility index (Phi) is 7.34. The quantitative estimate of drug-likeness (QED) is 0.300. The summed E-state index contributed by atoms with van der Waals surface area (Å²) in [5, 5.41) is 59.4. The van der Waals surface area contributed by atoms with E-state index in [9.17, 15) is 30.6 Å². The number of aliphatic hydroxyl groups excluding tert-OH is 6. The molecule has 1 aromatic rings. The highest BCUT2D eigenvalue weighted by atomic mass is 16.7. The first-order valence-corrected chi connectivity index (χ1v) is 9.01. The standard InChI is InChI=1S/C18H26O10/c19-6-10-12(20)14(22)16(24)18(27-10)28-11-8-26-17(15(23)13(11)21)25-7-9-4-2-1-3-5-9/h1-5,10-24H,6-8H2/t10-,11-,12+,13+,14+,15-,16-,17-,18+/m1/s1. The van der Waals surface area contributed by atoms with Gasteiger partial charge in [0.25, 0.3) is 0 Å². The Morgan fingerprint density at radius 1 is 0.857 bits per heavy atom. The second-order valence-electron chi connectivity index (χ2n) is 6.85. The van der Waals surface area contributed by atoms with E-state index in [1.165, 1.54) is 0 Å². The number of aliphatic hydroxyl groups is 6. The molecule has 158 valence electrons. The van der Waals surface area contributed by atoms with E-state index in [1.54, 1.807) is 0 Å². The summed E-state index contributed by atoms with van der Waals surface area (Å²) in [5.41, 5.74) is 0.868. The van der Waals surface area contributed by atoms with Crippen LogP contribution in [-0.2, 0) is 25.6 Å². The molecule has 2 saturated heterocycles. The zero-order valence-corrected chi connectivity index (χ0v) is 15.0. The van der Waals surface area contributed by atoms with Crippen LogP contribution in [0.5, 0.6) is 0 Å². The Bertz CT molecular complexity index is 599. The van der Waals surface area contributed by atoms with Gasteiger partial charge in [0.1, 0.15) is 42.7 Å². The Morgan fingerprint density at radius 2 is 1.54 bits per heavy atom. The van der Waals surface area contributed by atoms with Gasteiger partial charge in [-0.1, -0.05) is 30.3 Å². The van der Waals surface area contributed by atoms with Crippen LogP contribution in [0.3, 0.4) is 0 Å². The molecule has 6 N–H and O–H groups in total. The van der Waals surface area contributed by atoms with E-state index in [1.807, 2.05) is 30.3 Å². The van der Waals surface area contributed by atoms with Gasteiger partial charge in [0.15, 0.2) is 12.6 Å². The van der Waals surface area contributed by atoms with Crippen molar-refractivity contribution in [2.75, 3.05) is 13.2 Å². The summed E-state index contributed by atoms with van der Waals surface area (Å²) in [4.78, 5) is 0. The van der Waals surface area contributed by atoms with Gasteiger partial charge in [-0.2, -0.15) is 0 Å². The molecule has 0 aliphatic carbocycles. The average Bonchev–Trinajstić information content (AvgIpc) is 2.71. The van der Waals surface area contributed by atoms with Gasteiger partial charge in [-0.25, -0.2) is 0 Å². The summed E-state index contributed by atoms with van der Waals surface area (Å²) in [6.45, 7) is -0.604. The van der Waals surface area contributed by atoms with Gasteiger partial charge in [0, 0.05) is 0 Å². The van der Waals surface area contributed by atoms with Gasteiger partial charge in [-0.05, 0) is 5.56 Å². The molecular formula is C18H26O10. The number of hydrogen-bond acceptors (Lipinski definition) is 10. The molecule has 0 bridgehead atoms. The lowest BCUT2D eigenvalue weighted by molar-refractivity contribution is -0.344. The number of rotatable bonds is 6. The van der Waals surface area contributed by atoms with Gasteiger partial charge < -0.3 is 49.6 Å². The third-order valence-corrected chi connectivity index (χ3v) is 4.85. The van der Waals surface area contributed by atoms with Crippen LogP contribution in [0.25, 0.3) is 0 Å². The van der Waals surface area contributed by atoms with Crippen LogP contribution in [-0.4, -0.2) is 99.2 Å². The minimum absolute atomic E-state index is 0.174. The molecule has 0 unspecified atom stereocenters. The summed E-state index contributed by atoms with van der Waals surface area (Å²) in [7, 11) is 0. The van der Waals surface area contributed by atoms with Crippen molar-refractivity contribution >= 4 is 0 Å². The minimum atomic E-state index is -1.62. The topological polar surface area (TPSA) is 158 Å². The van der Waals surface area contributed by atoms with E-state index in [2.05, 4.69) is 0 Å². The second kappa shape index (κ2) is 9.55. The predicted molar refractivity (Wildman–Crippen MR) is 91.6 cm³/mol. The summed E-state index contributed by atoms with van der Waals surface area (Å²) < 4.78 is 21.6. The molecule has 2 heterocycles. The molecule has 10 heteroatoms. The SMILES string of the molecule is OC[C@H]1O[C@@H](O[C@@H]2CO[C@@H](OCc3ccccc3)[C@H](O)[C@H]2O)[C@H](O)[C@@H](O)[C@H]1O. The van der Waals surface area contributed by atoms with Crippen LogP contribution in [0.1, 0.15) is 5.56 Å². The molecule has 10 nitrogen and oxygen atoms in total. The lowest BCUT2D eigenvalue weighted by Crippen LogP contribution is -2.62. The summed E-state index contributed by atoms with van der Waals surface area (Å²) in [5.74, 6) is 0. The molecule has 9 atom stereocenters. The van der Waals surface area contributed by atoms with Gasteiger partial charge in [-0.3, -0.25) is 0 Å². The van der Waals surface area contributed by atoms with Crippen molar-refractivity contribution in [1.82, 2.24) is 0 Å². The third kappa shape index (κ3) is 4.69. The van der Waals surface area contributed by atoms with Gasteiger partial charge in [-0.15, -0.1) is 0 Å². The van der Waals surface area contributed by atoms with Crippen LogP contribution in [0, 0.1) is 0 Å². The Hall–Kier alpha value is -1.18. The van der Waals surface area contributed by atoms with Crippen molar-refractivity contribution in [2.45, 2.75) is 61.9 Å². The minimum Gasteiger partial charge on any atom is -0.394 e. The fourth-order valence-corrected chi connectivity index (χ4v) is 3.14. The van der Waals surface area contributed by atoms with Crippen molar-refractivity contribution in [1.29, 1.82) is 0 Å². The average molecular weight is 402 g/mol. The molecule has 0 saturated carbocycles. The molecular weight excluding hydrogens is 376 g/mol. The fourth-order valence-electron chi connectivity index (χ4n) is 3.14. The lowest BCUT2D eigenvalue weighted by Gasteiger charge is -2.43. The highest BCUT2D eigenvalue weighted by Crippen LogP contribution is 2.26. The van der Waals surface area contributed by atoms with Crippen LogP contribution in [0.15, 0.2) is 30.3 Å². The second-order valence-corrected chi connectivity index (χ2v) is 6.85. The molecule has 0 spiro atoms. The maximum absolute atomic E-state index is 10.3. The third-order valence-electron chi connectivity index (χ3n) is 4.85. The summed E-state index contributed by atoms with van der Waals surface area (Å²) in [6.07, 6.45) is -12.3. The normalized spacial score (nSPS) is 41.7. The van der Waals surface area contributed by atoms with E-state index < -0.39 is 61.9 Å². The highest BCUT2D eigenvalue weighted by molar-refractivity contribution is 5.13. The van der Waals surface area contributed by atoms with Crippen molar-refractivity contribution in [3.63, 3.8) is 0 Å².